The molecule has 1 aromatic heterocycles. The Morgan fingerprint density at radius 1 is 1.09 bits per heavy atom. The first-order chi connectivity index (χ1) is 10.5. The zero-order chi connectivity index (χ0) is 15.7. The molecule has 0 aliphatic rings. The Labute approximate surface area is 129 Å². The van der Waals surface area contributed by atoms with Crippen molar-refractivity contribution in [3.05, 3.63) is 69.5 Å². The third-order valence-corrected chi connectivity index (χ3v) is 3.32. The van der Waals surface area contributed by atoms with Gasteiger partial charge in [0.2, 0.25) is 0 Å². The van der Waals surface area contributed by atoms with Crippen LogP contribution >= 0.6 is 11.6 Å². The van der Waals surface area contributed by atoms with Crippen LogP contribution in [0, 0.1) is 0 Å². The van der Waals surface area contributed by atoms with Gasteiger partial charge in [-0.2, -0.15) is 0 Å². The fourth-order valence-electron chi connectivity index (χ4n) is 1.99. The van der Waals surface area contributed by atoms with Crippen LogP contribution in [0.5, 0.6) is 5.75 Å². The first kappa shape index (κ1) is 14.2. The summed E-state index contributed by atoms with van der Waals surface area (Å²) >= 11 is 5.77. The number of phenols is 1. The number of carbonyl (C=O) groups excluding carboxylic acids is 1. The van der Waals surface area contributed by atoms with Gasteiger partial charge in [-0.3, -0.25) is 4.79 Å². The van der Waals surface area contributed by atoms with E-state index < -0.39 is 11.5 Å². The molecule has 0 bridgehead atoms. The Hall–Kier alpha value is -2.79. The van der Waals surface area contributed by atoms with Gasteiger partial charge in [-0.15, -0.1) is 0 Å². The summed E-state index contributed by atoms with van der Waals surface area (Å²) in [6, 6.07) is 12.3. The molecule has 0 aliphatic heterocycles. The van der Waals surface area contributed by atoms with E-state index in [1.54, 1.807) is 30.3 Å². The van der Waals surface area contributed by atoms with Crippen molar-refractivity contribution in [2.45, 2.75) is 0 Å². The first-order valence-corrected chi connectivity index (χ1v) is 6.74. The number of amides is 1. The third-order valence-electron chi connectivity index (χ3n) is 3.07. The van der Waals surface area contributed by atoms with Gasteiger partial charge in [-0.05, 0) is 42.5 Å². The van der Waals surface area contributed by atoms with Crippen molar-refractivity contribution in [3.63, 3.8) is 0 Å². The number of benzene rings is 2. The second-order valence-corrected chi connectivity index (χ2v) is 5.07. The Kier molecular flexibility index (Phi) is 3.56. The van der Waals surface area contributed by atoms with Crippen LogP contribution in [0.4, 0.5) is 5.69 Å². The van der Waals surface area contributed by atoms with E-state index in [0.717, 1.165) is 0 Å². The second kappa shape index (κ2) is 5.54. The van der Waals surface area contributed by atoms with Gasteiger partial charge in [0.1, 0.15) is 16.9 Å². The maximum absolute atomic E-state index is 12.2. The minimum absolute atomic E-state index is 0.0194. The molecule has 6 heteroatoms. The molecular formula is C16H10ClNO4. The van der Waals surface area contributed by atoms with Crippen LogP contribution in [-0.2, 0) is 0 Å². The first-order valence-electron chi connectivity index (χ1n) is 6.37. The number of rotatable bonds is 2. The van der Waals surface area contributed by atoms with Crippen molar-refractivity contribution < 1.29 is 14.3 Å². The number of anilines is 1. The van der Waals surface area contributed by atoms with Crippen molar-refractivity contribution in [2.24, 2.45) is 0 Å². The number of fused-ring (bicyclic) bond motifs is 1. The van der Waals surface area contributed by atoms with Crippen molar-refractivity contribution in [1.29, 1.82) is 0 Å². The van der Waals surface area contributed by atoms with Gasteiger partial charge >= 0.3 is 5.63 Å². The summed E-state index contributed by atoms with van der Waals surface area (Å²) in [5.74, 6) is -0.597. The van der Waals surface area contributed by atoms with Crippen LogP contribution < -0.4 is 10.9 Å². The summed E-state index contributed by atoms with van der Waals surface area (Å²) < 4.78 is 5.05. The Morgan fingerprint density at radius 2 is 1.82 bits per heavy atom. The van der Waals surface area contributed by atoms with Gasteiger partial charge in [0.15, 0.2) is 0 Å². The monoisotopic (exact) mass is 315 g/mol. The molecule has 0 atom stereocenters. The lowest BCUT2D eigenvalue weighted by Gasteiger charge is -2.05. The minimum atomic E-state index is -0.774. The molecule has 0 fully saturated rings. The fraction of sp³-hybridized carbons (Fsp3) is 0. The molecule has 0 radical (unpaired) electrons. The summed E-state index contributed by atoms with van der Waals surface area (Å²) in [5.41, 5.74) is -0.162. The summed E-state index contributed by atoms with van der Waals surface area (Å²) in [6.07, 6.45) is 0. The van der Waals surface area contributed by atoms with Crippen LogP contribution in [0.15, 0.2) is 57.7 Å². The predicted octanol–water partition coefficient (Wildman–Crippen LogP) is 3.40. The number of aromatic hydroxyl groups is 1. The van der Waals surface area contributed by atoms with Gasteiger partial charge in [-0.25, -0.2) is 4.79 Å². The Bertz CT molecular complexity index is 916. The molecule has 1 heterocycles. The molecule has 0 saturated heterocycles. The Morgan fingerprint density at radius 3 is 2.55 bits per heavy atom. The molecule has 2 aromatic carbocycles. The van der Waals surface area contributed by atoms with Gasteiger partial charge in [-0.1, -0.05) is 11.6 Å². The average Bonchev–Trinajstić information content (AvgIpc) is 2.48. The lowest BCUT2D eigenvalue weighted by Crippen LogP contribution is -2.20. The van der Waals surface area contributed by atoms with Crippen molar-refractivity contribution >= 4 is 34.2 Å². The van der Waals surface area contributed by atoms with E-state index >= 15 is 0 Å². The molecule has 3 rings (SSSR count). The highest BCUT2D eigenvalue weighted by Gasteiger charge is 2.14. The van der Waals surface area contributed by atoms with E-state index in [1.807, 2.05) is 0 Å². The number of hydrogen-bond donors (Lipinski definition) is 2. The maximum Gasteiger partial charge on any atom is 0.349 e. The van der Waals surface area contributed by atoms with Crippen LogP contribution in [0.2, 0.25) is 5.02 Å². The van der Waals surface area contributed by atoms with Crippen LogP contribution in [0.3, 0.4) is 0 Å². The van der Waals surface area contributed by atoms with E-state index in [9.17, 15) is 14.7 Å². The standard InChI is InChI=1S/C16H10ClNO4/c17-10-2-4-11(5-3-10)18-15(20)13-7-9-1-6-12(19)8-14(9)22-16(13)21/h1-8,19H,(H,18,20). The van der Waals surface area contributed by atoms with E-state index in [2.05, 4.69) is 5.32 Å². The SMILES string of the molecule is O=C(Nc1ccc(Cl)cc1)c1cc2ccc(O)cc2oc1=O. The number of carbonyl (C=O) groups is 1. The largest absolute Gasteiger partial charge is 0.508 e. The molecule has 0 unspecified atom stereocenters. The van der Waals surface area contributed by atoms with Crippen molar-refractivity contribution in [1.82, 2.24) is 0 Å². The molecule has 0 aliphatic carbocycles. The molecule has 0 spiro atoms. The summed E-state index contributed by atoms with van der Waals surface area (Å²) in [4.78, 5) is 24.1. The Balaban J connectivity index is 1.96. The van der Waals surface area contributed by atoms with E-state index in [0.29, 0.717) is 16.1 Å². The average molecular weight is 316 g/mol. The predicted molar refractivity (Wildman–Crippen MR) is 83.6 cm³/mol. The topological polar surface area (TPSA) is 79.5 Å². The van der Waals surface area contributed by atoms with Gasteiger partial charge in [0, 0.05) is 22.2 Å². The highest BCUT2D eigenvalue weighted by molar-refractivity contribution is 6.30. The summed E-state index contributed by atoms with van der Waals surface area (Å²) in [7, 11) is 0. The molecule has 0 saturated carbocycles. The van der Waals surface area contributed by atoms with E-state index in [1.165, 1.54) is 18.2 Å². The highest BCUT2D eigenvalue weighted by Crippen LogP contribution is 2.20. The lowest BCUT2D eigenvalue weighted by atomic mass is 10.1. The number of phenolic OH excluding ortho intramolecular Hbond substituents is 1. The van der Waals surface area contributed by atoms with Gasteiger partial charge in [0.05, 0.1) is 0 Å². The molecule has 110 valence electrons. The molecule has 22 heavy (non-hydrogen) atoms. The number of halogens is 1. The summed E-state index contributed by atoms with van der Waals surface area (Å²) in [5, 5.41) is 13.0. The smallest absolute Gasteiger partial charge is 0.349 e. The quantitative estimate of drug-likeness (QED) is 0.710. The molecule has 2 N–H and O–H groups in total. The fourth-order valence-corrected chi connectivity index (χ4v) is 2.12. The van der Waals surface area contributed by atoms with Gasteiger partial charge < -0.3 is 14.8 Å². The third kappa shape index (κ3) is 2.80. The molecule has 3 aromatic rings. The normalized spacial score (nSPS) is 10.6. The van der Waals surface area contributed by atoms with Gasteiger partial charge in [0.25, 0.3) is 5.91 Å². The summed E-state index contributed by atoms with van der Waals surface area (Å²) in [6.45, 7) is 0. The van der Waals surface area contributed by atoms with Crippen LogP contribution in [0.25, 0.3) is 11.0 Å². The van der Waals surface area contributed by atoms with Crippen molar-refractivity contribution in [2.75, 3.05) is 5.32 Å². The zero-order valence-corrected chi connectivity index (χ0v) is 11.9. The molecule has 5 nitrogen and oxygen atoms in total. The van der Waals surface area contributed by atoms with Crippen molar-refractivity contribution in [3.8, 4) is 5.75 Å². The second-order valence-electron chi connectivity index (χ2n) is 4.63. The number of hydrogen-bond acceptors (Lipinski definition) is 4. The highest BCUT2D eigenvalue weighted by atomic mass is 35.5. The number of nitrogens with one attached hydrogen (secondary N) is 1. The molecular weight excluding hydrogens is 306 g/mol. The van der Waals surface area contributed by atoms with Crippen LogP contribution in [0.1, 0.15) is 10.4 Å². The van der Waals surface area contributed by atoms with E-state index in [-0.39, 0.29) is 16.9 Å². The minimum Gasteiger partial charge on any atom is -0.508 e. The molecule has 1 amide bonds. The zero-order valence-electron chi connectivity index (χ0n) is 11.2. The van der Waals surface area contributed by atoms with Crippen LogP contribution in [-0.4, -0.2) is 11.0 Å². The van der Waals surface area contributed by atoms with E-state index in [4.69, 9.17) is 16.0 Å². The maximum atomic E-state index is 12.2. The lowest BCUT2D eigenvalue weighted by molar-refractivity contribution is 0.102.